The molecule has 0 saturated carbocycles. The molecule has 0 atom stereocenters. The van der Waals surface area contributed by atoms with Crippen molar-refractivity contribution in [3.8, 4) is 11.5 Å². The van der Waals surface area contributed by atoms with E-state index in [0.717, 1.165) is 24.2 Å². The SMILES string of the molecule is CCCCCCCCCCCCCCCCOc1c[c]c(NS(=O)(=O)c2cc(N)ccc2OCCOC)cc1C(C)(C)C. The quantitative estimate of drug-likeness (QED) is 0.0953. The molecule has 8 heteroatoms. The molecule has 1 radical (unpaired) electrons. The second-order valence-electron chi connectivity index (χ2n) is 12.5. The Hall–Kier alpha value is -2.45. The normalized spacial score (nSPS) is 11.9. The Balaban J connectivity index is 1.84. The predicted molar refractivity (Wildman–Crippen MR) is 179 cm³/mol. The predicted octanol–water partition coefficient (Wildman–Crippen LogP) is 9.05. The van der Waals surface area contributed by atoms with Gasteiger partial charge in [-0.1, -0.05) is 111 Å². The molecule has 0 aromatic heterocycles. The number of rotatable bonds is 23. The Bertz CT molecular complexity index is 1160. The minimum atomic E-state index is -3.99. The van der Waals surface area contributed by atoms with E-state index in [1.807, 2.05) is 0 Å². The lowest BCUT2D eigenvalue weighted by molar-refractivity contribution is 0.144. The maximum atomic E-state index is 13.4. The van der Waals surface area contributed by atoms with E-state index in [2.05, 4.69) is 38.5 Å². The van der Waals surface area contributed by atoms with Gasteiger partial charge in [0.15, 0.2) is 0 Å². The minimum absolute atomic E-state index is 0.0348. The van der Waals surface area contributed by atoms with Crippen LogP contribution in [0, 0.1) is 6.07 Å². The summed E-state index contributed by atoms with van der Waals surface area (Å²) >= 11 is 0. The van der Waals surface area contributed by atoms with Gasteiger partial charge in [0.1, 0.15) is 23.0 Å². The average molecular weight is 618 g/mol. The molecular weight excluding hydrogens is 560 g/mol. The van der Waals surface area contributed by atoms with E-state index in [1.165, 1.54) is 83.1 Å². The number of sulfonamides is 1. The monoisotopic (exact) mass is 617 g/mol. The number of unbranched alkanes of at least 4 members (excludes halogenated alkanes) is 13. The molecule has 2 rings (SSSR count). The first-order valence-electron chi connectivity index (χ1n) is 16.3. The Morgan fingerprint density at radius 1 is 0.767 bits per heavy atom. The molecule has 0 unspecified atom stereocenters. The summed E-state index contributed by atoms with van der Waals surface area (Å²) in [5.74, 6) is 0.945. The molecule has 0 spiro atoms. The van der Waals surface area contributed by atoms with Crippen molar-refractivity contribution < 1.29 is 22.6 Å². The van der Waals surface area contributed by atoms with Gasteiger partial charge in [0, 0.05) is 24.4 Å². The number of nitrogens with one attached hydrogen (secondary N) is 1. The highest BCUT2D eigenvalue weighted by atomic mass is 32.2. The average Bonchev–Trinajstić information content (AvgIpc) is 2.95. The lowest BCUT2D eigenvalue weighted by atomic mass is 9.86. The number of anilines is 2. The van der Waals surface area contributed by atoms with Crippen molar-refractivity contribution in [1.82, 2.24) is 0 Å². The van der Waals surface area contributed by atoms with Gasteiger partial charge in [-0.3, -0.25) is 4.72 Å². The molecule has 0 amide bonds. The van der Waals surface area contributed by atoms with Crippen LogP contribution in [0.3, 0.4) is 0 Å². The fourth-order valence-electron chi connectivity index (χ4n) is 5.01. The summed E-state index contributed by atoms with van der Waals surface area (Å²) < 4.78 is 46.2. The van der Waals surface area contributed by atoms with Crippen molar-refractivity contribution in [2.75, 3.05) is 37.4 Å². The lowest BCUT2D eigenvalue weighted by Crippen LogP contribution is -2.18. The first-order chi connectivity index (χ1) is 20.6. The van der Waals surface area contributed by atoms with Crippen molar-refractivity contribution in [1.29, 1.82) is 0 Å². The van der Waals surface area contributed by atoms with Crippen LogP contribution in [0.1, 0.15) is 123 Å². The number of benzene rings is 2. The number of nitrogen functional groups attached to an aromatic ring is 1. The largest absolute Gasteiger partial charge is 0.493 e. The van der Waals surface area contributed by atoms with Crippen LogP contribution >= 0.6 is 0 Å². The van der Waals surface area contributed by atoms with Crippen molar-refractivity contribution in [2.24, 2.45) is 0 Å². The van der Waals surface area contributed by atoms with Crippen LogP contribution in [-0.4, -0.2) is 35.3 Å². The number of methoxy groups -OCH3 is 1. The van der Waals surface area contributed by atoms with Gasteiger partial charge in [-0.25, -0.2) is 8.42 Å². The molecule has 0 aliphatic rings. The molecule has 43 heavy (non-hydrogen) atoms. The van der Waals surface area contributed by atoms with Crippen molar-refractivity contribution in [3.05, 3.63) is 42.0 Å². The van der Waals surface area contributed by atoms with Gasteiger partial charge in [0.2, 0.25) is 0 Å². The second kappa shape index (κ2) is 19.8. The number of hydrogen-bond donors (Lipinski definition) is 2. The summed E-state index contributed by atoms with van der Waals surface area (Å²) in [5.41, 5.74) is 7.22. The van der Waals surface area contributed by atoms with Crippen molar-refractivity contribution >= 4 is 21.4 Å². The third-order valence-electron chi connectivity index (χ3n) is 7.52. The summed E-state index contributed by atoms with van der Waals surface area (Å²) in [6.07, 6.45) is 18.4. The summed E-state index contributed by atoms with van der Waals surface area (Å²) in [7, 11) is -2.43. The molecule has 0 heterocycles. The first kappa shape index (κ1) is 36.7. The first-order valence-corrected chi connectivity index (χ1v) is 17.8. The maximum absolute atomic E-state index is 13.4. The topological polar surface area (TPSA) is 99.9 Å². The van der Waals surface area contributed by atoms with Crippen LogP contribution in [0.4, 0.5) is 11.4 Å². The lowest BCUT2D eigenvalue weighted by Gasteiger charge is -2.24. The summed E-state index contributed by atoms with van der Waals surface area (Å²) in [6, 6.07) is 11.1. The maximum Gasteiger partial charge on any atom is 0.265 e. The third-order valence-corrected chi connectivity index (χ3v) is 8.91. The molecule has 2 aromatic rings. The molecule has 3 N–H and O–H groups in total. The molecular formula is C35H57N2O5S. The summed E-state index contributed by atoms with van der Waals surface area (Å²) in [4.78, 5) is -0.0348. The fourth-order valence-corrected chi connectivity index (χ4v) is 6.21. The van der Waals surface area contributed by atoms with E-state index < -0.39 is 10.0 Å². The van der Waals surface area contributed by atoms with Gasteiger partial charge in [-0.15, -0.1) is 0 Å². The number of hydrogen-bond acceptors (Lipinski definition) is 6. The third kappa shape index (κ3) is 14.3. The highest BCUT2D eigenvalue weighted by Crippen LogP contribution is 2.35. The second-order valence-corrected chi connectivity index (χ2v) is 14.1. The van der Waals surface area contributed by atoms with E-state index >= 15 is 0 Å². The van der Waals surface area contributed by atoms with E-state index in [1.54, 1.807) is 31.4 Å². The molecule has 7 nitrogen and oxygen atoms in total. The summed E-state index contributed by atoms with van der Waals surface area (Å²) in [6.45, 7) is 9.70. The van der Waals surface area contributed by atoms with Gasteiger partial charge >= 0.3 is 0 Å². The number of ether oxygens (including phenoxy) is 3. The molecule has 0 bridgehead atoms. The van der Waals surface area contributed by atoms with E-state index in [4.69, 9.17) is 19.9 Å². The molecule has 2 aromatic carbocycles. The highest BCUT2D eigenvalue weighted by molar-refractivity contribution is 7.92. The van der Waals surface area contributed by atoms with Crippen LogP contribution < -0.4 is 19.9 Å². The zero-order valence-electron chi connectivity index (χ0n) is 27.4. The Kier molecular flexibility index (Phi) is 16.9. The highest BCUT2D eigenvalue weighted by Gasteiger charge is 2.24. The van der Waals surface area contributed by atoms with Gasteiger partial charge in [0.05, 0.1) is 18.9 Å². The standard InChI is InChI=1S/C35H57N2O5S/c1-6-7-8-9-10-11-12-13-14-15-16-17-18-19-24-41-32-23-21-30(28-31(32)35(2,3)4)37-43(38,39)34-27-29(36)20-22-33(34)42-26-25-40-5/h20,22-23,27-28,37H,6-19,24-26,36H2,1-5H3. The smallest absolute Gasteiger partial charge is 0.265 e. The van der Waals surface area contributed by atoms with Crippen LogP contribution in [-0.2, 0) is 20.2 Å². The molecule has 0 aliphatic carbocycles. The molecule has 243 valence electrons. The minimum Gasteiger partial charge on any atom is -0.493 e. The van der Waals surface area contributed by atoms with Crippen LogP contribution in [0.2, 0.25) is 0 Å². The molecule has 0 aliphatic heterocycles. The van der Waals surface area contributed by atoms with Crippen LogP contribution in [0.25, 0.3) is 0 Å². The van der Waals surface area contributed by atoms with E-state index in [9.17, 15) is 8.42 Å². The van der Waals surface area contributed by atoms with Crippen LogP contribution in [0.5, 0.6) is 11.5 Å². The van der Waals surface area contributed by atoms with Gasteiger partial charge in [-0.2, -0.15) is 0 Å². The van der Waals surface area contributed by atoms with Gasteiger partial charge in [-0.05, 0) is 42.2 Å². The van der Waals surface area contributed by atoms with Gasteiger partial charge < -0.3 is 19.9 Å². The Morgan fingerprint density at radius 2 is 1.33 bits per heavy atom. The van der Waals surface area contributed by atoms with E-state index in [-0.39, 0.29) is 22.7 Å². The molecule has 0 saturated heterocycles. The Morgan fingerprint density at radius 3 is 1.88 bits per heavy atom. The zero-order valence-corrected chi connectivity index (χ0v) is 28.3. The fraction of sp³-hybridized carbons (Fsp3) is 0.657. The summed E-state index contributed by atoms with van der Waals surface area (Å²) in [5, 5.41) is 0. The molecule has 0 fully saturated rings. The van der Waals surface area contributed by atoms with Crippen LogP contribution in [0.15, 0.2) is 35.2 Å². The van der Waals surface area contributed by atoms with Gasteiger partial charge in [0.25, 0.3) is 10.0 Å². The van der Waals surface area contributed by atoms with E-state index in [0.29, 0.717) is 24.6 Å². The Labute approximate surface area is 262 Å². The van der Waals surface area contributed by atoms with Crippen molar-refractivity contribution in [2.45, 2.75) is 128 Å². The van der Waals surface area contributed by atoms with Crippen molar-refractivity contribution in [3.63, 3.8) is 0 Å². The zero-order chi connectivity index (χ0) is 31.6. The number of nitrogens with two attached hydrogens (primary N) is 1.